The lowest BCUT2D eigenvalue weighted by atomic mass is 9.82. The largest absolute Gasteiger partial charge is 0.291 e. The Bertz CT molecular complexity index is 943. The van der Waals surface area contributed by atoms with Crippen LogP contribution in [0.1, 0.15) is 65.8 Å². The van der Waals surface area contributed by atoms with Gasteiger partial charge in [-0.25, -0.2) is 0 Å². The molecule has 0 N–H and O–H groups in total. The van der Waals surface area contributed by atoms with Gasteiger partial charge in [0.05, 0.1) is 36.3 Å². The molecule has 0 saturated heterocycles. The minimum atomic E-state index is -0.257. The molecule has 0 radical (unpaired) electrons. The zero-order chi connectivity index (χ0) is 17.0. The van der Waals surface area contributed by atoms with Gasteiger partial charge in [-0.2, -0.15) is 10.4 Å². The molecule has 0 aromatic carbocycles. The number of aromatic nitrogens is 3. The first-order valence-electron chi connectivity index (χ1n) is 8.95. The van der Waals surface area contributed by atoms with E-state index in [1.54, 1.807) is 12.4 Å². The van der Waals surface area contributed by atoms with Gasteiger partial charge in [0.15, 0.2) is 5.78 Å². The van der Waals surface area contributed by atoms with Gasteiger partial charge in [-0.05, 0) is 36.5 Å². The summed E-state index contributed by atoms with van der Waals surface area (Å²) in [4.78, 5) is 17.6. The van der Waals surface area contributed by atoms with Crippen molar-refractivity contribution < 1.29 is 4.79 Å². The second kappa shape index (κ2) is 5.38. The molecule has 0 amide bonds. The van der Waals surface area contributed by atoms with Crippen LogP contribution in [0.5, 0.6) is 0 Å². The van der Waals surface area contributed by atoms with E-state index < -0.39 is 0 Å². The molecule has 2 aromatic heterocycles. The Morgan fingerprint density at radius 1 is 1.32 bits per heavy atom. The number of carbonyl (C=O) groups is 1. The number of fused-ring (bicyclic) bond motifs is 2. The van der Waals surface area contributed by atoms with Gasteiger partial charge >= 0.3 is 0 Å². The Balaban J connectivity index is 1.68. The average molecular weight is 330 g/mol. The van der Waals surface area contributed by atoms with Crippen LogP contribution in [-0.2, 0) is 0 Å². The molecular weight excluding hydrogens is 312 g/mol. The third kappa shape index (κ3) is 1.97. The molecule has 5 rings (SSSR count). The van der Waals surface area contributed by atoms with Crippen molar-refractivity contribution in [2.75, 3.05) is 0 Å². The molecule has 2 heterocycles. The lowest BCUT2D eigenvalue weighted by molar-refractivity contribution is 0.0959. The maximum absolute atomic E-state index is 13.2. The third-order valence-corrected chi connectivity index (χ3v) is 5.94. The van der Waals surface area contributed by atoms with Crippen LogP contribution in [0.25, 0.3) is 17.2 Å². The summed E-state index contributed by atoms with van der Waals surface area (Å²) in [6.45, 7) is 0. The molecule has 1 saturated carbocycles. The number of ketones is 1. The van der Waals surface area contributed by atoms with Gasteiger partial charge in [-0.15, -0.1) is 0 Å². The molecule has 1 fully saturated rings. The van der Waals surface area contributed by atoms with Crippen molar-refractivity contribution in [3.8, 4) is 17.2 Å². The van der Waals surface area contributed by atoms with Crippen LogP contribution < -0.4 is 0 Å². The summed E-state index contributed by atoms with van der Waals surface area (Å²) in [6.07, 6.45) is 12.5. The van der Waals surface area contributed by atoms with Crippen LogP contribution in [0, 0.1) is 17.2 Å². The van der Waals surface area contributed by atoms with Gasteiger partial charge in [0, 0.05) is 17.3 Å². The molecule has 3 aliphatic carbocycles. The molecule has 3 aliphatic rings. The molecular formula is C20H18N4O. The van der Waals surface area contributed by atoms with Crippen LogP contribution in [0.15, 0.2) is 24.5 Å². The van der Waals surface area contributed by atoms with Gasteiger partial charge in [0.25, 0.3) is 0 Å². The van der Waals surface area contributed by atoms with Crippen molar-refractivity contribution in [1.82, 2.24) is 14.8 Å². The number of rotatable bonds is 3. The predicted octanol–water partition coefficient (Wildman–Crippen LogP) is 3.90. The zero-order valence-corrected chi connectivity index (χ0v) is 13.9. The minimum Gasteiger partial charge on any atom is -0.291 e. The zero-order valence-electron chi connectivity index (χ0n) is 13.9. The highest BCUT2D eigenvalue weighted by atomic mass is 16.1. The molecule has 124 valence electrons. The van der Waals surface area contributed by atoms with Gasteiger partial charge in [-0.3, -0.25) is 14.5 Å². The molecule has 2 aromatic rings. The van der Waals surface area contributed by atoms with Gasteiger partial charge < -0.3 is 0 Å². The first-order valence-corrected chi connectivity index (χ1v) is 8.95. The highest BCUT2D eigenvalue weighted by Gasteiger charge is 2.40. The quantitative estimate of drug-likeness (QED) is 0.855. The van der Waals surface area contributed by atoms with E-state index in [9.17, 15) is 10.1 Å². The molecule has 0 spiro atoms. The molecule has 2 atom stereocenters. The van der Waals surface area contributed by atoms with Crippen molar-refractivity contribution in [2.24, 2.45) is 5.92 Å². The monoisotopic (exact) mass is 330 g/mol. The number of carbonyl (C=O) groups excluding carboxylic acids is 1. The number of pyridine rings is 1. The fourth-order valence-corrected chi connectivity index (χ4v) is 4.78. The van der Waals surface area contributed by atoms with Crippen LogP contribution >= 0.6 is 0 Å². The van der Waals surface area contributed by atoms with Gasteiger partial charge in [0.1, 0.15) is 5.69 Å². The first-order chi connectivity index (χ1) is 12.3. The number of allylic oxidation sites excluding steroid dienone is 1. The highest BCUT2D eigenvalue weighted by molar-refractivity contribution is 6.12. The lowest BCUT2D eigenvalue weighted by Gasteiger charge is -2.26. The Morgan fingerprint density at radius 3 is 2.96 bits per heavy atom. The average Bonchev–Trinajstić information content (AvgIpc) is 3.37. The Morgan fingerprint density at radius 2 is 2.16 bits per heavy atom. The van der Waals surface area contributed by atoms with Crippen LogP contribution in [0.2, 0.25) is 0 Å². The minimum absolute atomic E-state index is 0.00607. The second-order valence-corrected chi connectivity index (χ2v) is 7.18. The molecule has 0 bridgehead atoms. The summed E-state index contributed by atoms with van der Waals surface area (Å²) in [5, 5.41) is 13.9. The van der Waals surface area contributed by atoms with Gasteiger partial charge in [-0.1, -0.05) is 18.9 Å². The fraction of sp³-hybridized carbons (Fsp3) is 0.400. The molecule has 0 aliphatic heterocycles. The van der Waals surface area contributed by atoms with E-state index in [0.29, 0.717) is 18.0 Å². The summed E-state index contributed by atoms with van der Waals surface area (Å²) in [7, 11) is 0. The Hall–Kier alpha value is -2.74. The van der Waals surface area contributed by atoms with Crippen molar-refractivity contribution in [3.63, 3.8) is 0 Å². The highest BCUT2D eigenvalue weighted by Crippen LogP contribution is 2.46. The molecule has 25 heavy (non-hydrogen) atoms. The van der Waals surface area contributed by atoms with E-state index in [1.807, 2.05) is 22.9 Å². The first kappa shape index (κ1) is 14.6. The van der Waals surface area contributed by atoms with Crippen LogP contribution in [-0.4, -0.2) is 20.5 Å². The summed E-state index contributed by atoms with van der Waals surface area (Å²) >= 11 is 0. The third-order valence-electron chi connectivity index (χ3n) is 5.94. The van der Waals surface area contributed by atoms with Crippen LogP contribution in [0.3, 0.4) is 0 Å². The molecule has 5 nitrogen and oxygen atoms in total. The van der Waals surface area contributed by atoms with E-state index >= 15 is 0 Å². The van der Waals surface area contributed by atoms with Crippen molar-refractivity contribution in [3.05, 3.63) is 41.5 Å². The maximum Gasteiger partial charge on any atom is 0.192 e. The fourth-order valence-electron chi connectivity index (χ4n) is 4.78. The van der Waals surface area contributed by atoms with Crippen molar-refractivity contribution in [2.45, 2.75) is 44.1 Å². The topological polar surface area (TPSA) is 71.6 Å². The summed E-state index contributed by atoms with van der Waals surface area (Å²) in [5.41, 5.74) is 4.52. The van der Waals surface area contributed by atoms with Gasteiger partial charge in [0.2, 0.25) is 0 Å². The predicted molar refractivity (Wildman–Crippen MR) is 92.8 cm³/mol. The standard InChI is InChI=1S/C20H18N4O/c21-9-7-17(12-3-1-2-4-12)24-19-15(11-23-24)13-8-10-22-16-6-5-14(18(13)16)20(19)25/h5-6,8,10-12,14,17H,1-4,7H2. The molecule has 5 heteroatoms. The Kier molecular flexibility index (Phi) is 3.14. The molecule has 2 unspecified atom stereocenters. The lowest BCUT2D eigenvalue weighted by Crippen LogP contribution is -2.26. The van der Waals surface area contributed by atoms with Crippen molar-refractivity contribution in [1.29, 1.82) is 5.26 Å². The second-order valence-electron chi connectivity index (χ2n) is 7.18. The van der Waals surface area contributed by atoms with E-state index in [0.717, 1.165) is 35.2 Å². The number of hydrogen-bond acceptors (Lipinski definition) is 4. The normalized spacial score (nSPS) is 21.9. The van der Waals surface area contributed by atoms with E-state index in [4.69, 9.17) is 0 Å². The van der Waals surface area contributed by atoms with Crippen molar-refractivity contribution >= 4 is 11.9 Å². The number of nitriles is 1. The Labute approximate surface area is 146 Å². The number of nitrogens with zero attached hydrogens (tertiary/aromatic N) is 4. The smallest absolute Gasteiger partial charge is 0.192 e. The van der Waals surface area contributed by atoms with E-state index in [1.165, 1.54) is 12.8 Å². The van der Waals surface area contributed by atoms with Crippen LogP contribution in [0.4, 0.5) is 0 Å². The SMILES string of the molecule is N#CCC(C1CCCC1)n1ncc2c1C(=O)C1C=Cc3nccc-2c31. The summed E-state index contributed by atoms with van der Waals surface area (Å²) < 4.78 is 1.87. The maximum atomic E-state index is 13.2. The summed E-state index contributed by atoms with van der Waals surface area (Å²) in [6, 6.07) is 4.28. The number of Topliss-reactive ketones (excluding diaryl/α,β-unsaturated/α-hetero) is 1. The van der Waals surface area contributed by atoms with E-state index in [2.05, 4.69) is 16.2 Å². The number of hydrogen-bond donors (Lipinski definition) is 0. The summed E-state index contributed by atoms with van der Waals surface area (Å²) in [5.74, 6) is 0.266. The van der Waals surface area contributed by atoms with E-state index in [-0.39, 0.29) is 17.7 Å².